The lowest BCUT2D eigenvalue weighted by Gasteiger charge is -2.57. The summed E-state index contributed by atoms with van der Waals surface area (Å²) in [6, 6.07) is 0. The van der Waals surface area contributed by atoms with E-state index in [-0.39, 0.29) is 5.41 Å². The van der Waals surface area contributed by atoms with Crippen LogP contribution in [0.25, 0.3) is 0 Å². The summed E-state index contributed by atoms with van der Waals surface area (Å²) in [5.74, 6) is 5.70. The van der Waals surface area contributed by atoms with E-state index in [4.69, 9.17) is 6.42 Å². The topological polar surface area (TPSA) is 17.1 Å². The van der Waals surface area contributed by atoms with Gasteiger partial charge in [-0.25, -0.2) is 0 Å². The molecule has 0 amide bonds. The molecule has 0 aromatic heterocycles. The third kappa shape index (κ3) is 1.76. The van der Waals surface area contributed by atoms with Crippen LogP contribution >= 0.6 is 0 Å². The number of hydrogen-bond acceptors (Lipinski definition) is 1. The molecule has 0 heterocycles. The Morgan fingerprint density at radius 3 is 2.91 bits per heavy atom. The number of hydrogen-bond donors (Lipinski definition) is 0. The molecule has 4 aliphatic carbocycles. The molecule has 118 valence electrons. The Balaban J connectivity index is 1.73. The van der Waals surface area contributed by atoms with Crippen molar-refractivity contribution >= 4 is 5.78 Å². The highest BCUT2D eigenvalue weighted by molar-refractivity contribution is 5.87. The summed E-state index contributed by atoms with van der Waals surface area (Å²) in [7, 11) is 0. The molecule has 1 nitrogen and oxygen atoms in total. The van der Waals surface area contributed by atoms with Crippen molar-refractivity contribution in [2.75, 3.05) is 0 Å². The van der Waals surface area contributed by atoms with Crippen molar-refractivity contribution in [1.29, 1.82) is 0 Å². The van der Waals surface area contributed by atoms with Gasteiger partial charge in [-0.05, 0) is 69.1 Å². The first kappa shape index (κ1) is 14.6. The van der Waals surface area contributed by atoms with Gasteiger partial charge in [-0.3, -0.25) is 4.79 Å². The molecule has 0 radical (unpaired) electrons. The Morgan fingerprint density at radius 1 is 1.23 bits per heavy atom. The molecular formula is C21H28O. The molecule has 22 heavy (non-hydrogen) atoms. The normalized spacial score (nSPS) is 47.0. The van der Waals surface area contributed by atoms with Gasteiger partial charge in [-0.1, -0.05) is 18.6 Å². The highest BCUT2D eigenvalue weighted by Crippen LogP contribution is 2.65. The molecule has 0 N–H and O–H groups in total. The minimum Gasteiger partial charge on any atom is -0.299 e. The smallest absolute Gasteiger partial charge is 0.139 e. The second-order valence-electron chi connectivity index (χ2n) is 8.49. The van der Waals surface area contributed by atoms with Crippen molar-refractivity contribution in [3.63, 3.8) is 0 Å². The number of rotatable bonds is 1. The summed E-state index contributed by atoms with van der Waals surface area (Å²) < 4.78 is 0. The van der Waals surface area contributed by atoms with Crippen LogP contribution in [0.2, 0.25) is 0 Å². The van der Waals surface area contributed by atoms with Crippen LogP contribution in [-0.2, 0) is 4.79 Å². The van der Waals surface area contributed by atoms with E-state index in [2.05, 4.69) is 18.9 Å². The van der Waals surface area contributed by atoms with E-state index in [9.17, 15) is 4.79 Å². The predicted octanol–water partition coefficient (Wildman–Crippen LogP) is 4.91. The van der Waals surface area contributed by atoms with Gasteiger partial charge >= 0.3 is 0 Å². The van der Waals surface area contributed by atoms with Crippen molar-refractivity contribution < 1.29 is 4.79 Å². The molecule has 0 unspecified atom stereocenters. The predicted molar refractivity (Wildman–Crippen MR) is 89.1 cm³/mol. The Hall–Kier alpha value is -1.03. The van der Waals surface area contributed by atoms with Crippen LogP contribution < -0.4 is 0 Å². The maximum Gasteiger partial charge on any atom is 0.139 e. The highest BCUT2D eigenvalue weighted by atomic mass is 16.1. The average Bonchev–Trinajstić information content (AvgIpc) is 2.83. The van der Waals surface area contributed by atoms with Crippen LogP contribution in [-0.4, -0.2) is 5.78 Å². The lowest BCUT2D eigenvalue weighted by molar-refractivity contribution is -0.132. The van der Waals surface area contributed by atoms with Crippen molar-refractivity contribution in [1.82, 2.24) is 0 Å². The second-order valence-corrected chi connectivity index (χ2v) is 8.49. The van der Waals surface area contributed by atoms with Gasteiger partial charge in [0.15, 0.2) is 0 Å². The molecule has 0 spiro atoms. The van der Waals surface area contributed by atoms with Crippen molar-refractivity contribution in [3.8, 4) is 12.3 Å². The second kappa shape index (κ2) is 4.98. The van der Waals surface area contributed by atoms with E-state index in [1.807, 2.05) is 0 Å². The van der Waals surface area contributed by atoms with Gasteiger partial charge in [-0.15, -0.1) is 12.3 Å². The van der Waals surface area contributed by atoms with Crippen molar-refractivity contribution in [2.24, 2.45) is 28.6 Å². The molecule has 0 bridgehead atoms. The van der Waals surface area contributed by atoms with Gasteiger partial charge in [0, 0.05) is 23.7 Å². The number of terminal acetylenes is 1. The van der Waals surface area contributed by atoms with Crippen LogP contribution in [0.5, 0.6) is 0 Å². The molecule has 5 atom stereocenters. The van der Waals surface area contributed by atoms with E-state index in [0.29, 0.717) is 17.1 Å². The zero-order valence-electron chi connectivity index (χ0n) is 13.9. The van der Waals surface area contributed by atoms with Crippen molar-refractivity contribution in [3.05, 3.63) is 11.6 Å². The van der Waals surface area contributed by atoms with Gasteiger partial charge in [0.2, 0.25) is 0 Å². The molecule has 3 saturated carbocycles. The summed E-state index contributed by atoms with van der Waals surface area (Å²) in [5, 5.41) is 0. The molecule has 4 rings (SSSR count). The standard InChI is InChI=1S/C21H28O/c1-3-12-21-13-5-4-6-15(21)7-8-16-17-9-10-19(22)20(17,2)14-11-18(16)21/h1,6,16-18H,4-5,7-14H2,2H3/t16-,17-,18-,20-,21-/m0/s1. The number of fused-ring (bicyclic) bond motifs is 5. The average molecular weight is 296 g/mol. The zero-order chi connectivity index (χ0) is 15.4. The Kier molecular flexibility index (Phi) is 3.30. The van der Waals surface area contributed by atoms with E-state index in [1.54, 1.807) is 5.57 Å². The highest BCUT2D eigenvalue weighted by Gasteiger charge is 2.59. The van der Waals surface area contributed by atoms with Crippen LogP contribution in [0.3, 0.4) is 0 Å². The first-order valence-electron chi connectivity index (χ1n) is 9.28. The van der Waals surface area contributed by atoms with Crippen LogP contribution in [0.1, 0.15) is 71.1 Å². The molecule has 0 aromatic rings. The number of Topliss-reactive ketones (excluding diaryl/α,β-unsaturated/α-hetero) is 1. The van der Waals surface area contributed by atoms with Gasteiger partial charge < -0.3 is 0 Å². The maximum atomic E-state index is 12.4. The van der Waals surface area contributed by atoms with E-state index in [0.717, 1.165) is 37.5 Å². The Labute approximate surface area is 134 Å². The van der Waals surface area contributed by atoms with Gasteiger partial charge in [0.1, 0.15) is 5.78 Å². The van der Waals surface area contributed by atoms with Crippen molar-refractivity contribution in [2.45, 2.75) is 71.1 Å². The fourth-order valence-corrected chi connectivity index (χ4v) is 6.82. The summed E-state index contributed by atoms with van der Waals surface area (Å²) in [5.41, 5.74) is 1.97. The van der Waals surface area contributed by atoms with Gasteiger partial charge in [0.25, 0.3) is 0 Å². The fraction of sp³-hybridized carbons (Fsp3) is 0.762. The molecule has 0 saturated heterocycles. The minimum atomic E-state index is -0.00557. The lowest BCUT2D eigenvalue weighted by atomic mass is 9.46. The Morgan fingerprint density at radius 2 is 2.09 bits per heavy atom. The maximum absolute atomic E-state index is 12.4. The van der Waals surface area contributed by atoms with Gasteiger partial charge in [0.05, 0.1) is 0 Å². The monoisotopic (exact) mass is 296 g/mol. The van der Waals surface area contributed by atoms with Crippen LogP contribution in [0.4, 0.5) is 0 Å². The third-order valence-electron chi connectivity index (χ3n) is 7.88. The number of carbonyl (C=O) groups excluding carboxylic acids is 1. The van der Waals surface area contributed by atoms with E-state index in [1.165, 1.54) is 38.5 Å². The minimum absolute atomic E-state index is 0.00557. The number of ketones is 1. The van der Waals surface area contributed by atoms with Crippen LogP contribution in [0, 0.1) is 40.9 Å². The van der Waals surface area contributed by atoms with E-state index >= 15 is 0 Å². The third-order valence-corrected chi connectivity index (χ3v) is 7.88. The molecular weight excluding hydrogens is 268 g/mol. The quantitative estimate of drug-likeness (QED) is 0.496. The summed E-state index contributed by atoms with van der Waals surface area (Å²) in [6.07, 6.45) is 19.9. The molecule has 4 aliphatic rings. The fourth-order valence-electron chi connectivity index (χ4n) is 6.82. The number of carbonyl (C=O) groups is 1. The number of allylic oxidation sites excluding steroid dienone is 2. The molecule has 1 heteroatoms. The van der Waals surface area contributed by atoms with E-state index < -0.39 is 0 Å². The largest absolute Gasteiger partial charge is 0.299 e. The summed E-state index contributed by atoms with van der Waals surface area (Å²) >= 11 is 0. The first-order valence-corrected chi connectivity index (χ1v) is 9.28. The first-order chi connectivity index (χ1) is 10.6. The summed E-state index contributed by atoms with van der Waals surface area (Å²) in [4.78, 5) is 12.4. The molecule has 0 aliphatic heterocycles. The molecule has 0 aromatic carbocycles. The zero-order valence-corrected chi connectivity index (χ0v) is 13.9. The lowest BCUT2D eigenvalue weighted by Crippen LogP contribution is -2.51. The van der Waals surface area contributed by atoms with Crippen LogP contribution in [0.15, 0.2) is 11.6 Å². The van der Waals surface area contributed by atoms with Gasteiger partial charge in [-0.2, -0.15) is 0 Å². The molecule has 3 fully saturated rings. The SMILES string of the molecule is C#CC[C@]12CCCC=C1CC[C@@H]1[C@@H]2CC[C@]2(C)C(=O)CC[C@@H]12. The summed E-state index contributed by atoms with van der Waals surface area (Å²) in [6.45, 7) is 2.27. The Bertz CT molecular complexity index is 565.